The third-order valence-corrected chi connectivity index (χ3v) is 7.03. The molecule has 156 valence electrons. The van der Waals surface area contributed by atoms with Crippen LogP contribution in [0, 0.1) is 0 Å². The lowest BCUT2D eigenvalue weighted by Crippen LogP contribution is -2.36. The van der Waals surface area contributed by atoms with Crippen molar-refractivity contribution in [3.05, 3.63) is 53.5 Å². The fourth-order valence-electron chi connectivity index (χ4n) is 4.48. The van der Waals surface area contributed by atoms with Crippen molar-refractivity contribution in [1.29, 1.82) is 0 Å². The number of likely N-dealkylation sites (tertiary alicyclic amines) is 1. The number of carbonyl (C=O) groups is 1. The summed E-state index contributed by atoms with van der Waals surface area (Å²) in [6.07, 6.45) is 5.80. The second-order valence-corrected chi connectivity index (χ2v) is 9.80. The summed E-state index contributed by atoms with van der Waals surface area (Å²) in [6, 6.07) is 8.94. The molecule has 1 N–H and O–H groups in total. The summed E-state index contributed by atoms with van der Waals surface area (Å²) >= 11 is 0. The Morgan fingerprint density at radius 2 is 2.03 bits per heavy atom. The molecule has 1 aromatic heterocycles. The number of fused-ring (bicyclic) bond motifs is 1. The summed E-state index contributed by atoms with van der Waals surface area (Å²) < 4.78 is 31.2. The van der Waals surface area contributed by atoms with Crippen molar-refractivity contribution in [3.63, 3.8) is 0 Å². The molecule has 0 radical (unpaired) electrons. The zero-order chi connectivity index (χ0) is 20.6. The molecule has 0 aliphatic carbocycles. The van der Waals surface area contributed by atoms with Gasteiger partial charge < -0.3 is 9.73 Å². The molecule has 1 fully saturated rings. The van der Waals surface area contributed by atoms with Gasteiger partial charge in [-0.1, -0.05) is 0 Å². The van der Waals surface area contributed by atoms with Gasteiger partial charge in [-0.25, -0.2) is 8.42 Å². The average molecular weight is 418 g/mol. The van der Waals surface area contributed by atoms with Crippen molar-refractivity contribution >= 4 is 21.6 Å². The highest BCUT2D eigenvalue weighted by Gasteiger charge is 2.33. The maximum absolute atomic E-state index is 12.8. The monoisotopic (exact) mass is 417 g/mol. The number of hydrogen-bond donors (Lipinski definition) is 1. The summed E-state index contributed by atoms with van der Waals surface area (Å²) in [5.74, 6) is 0.702. The molecule has 1 saturated heterocycles. The highest BCUT2D eigenvalue weighted by atomic mass is 32.2. The SMILES string of the molecule is C[C@@H]1Cc2cc(C(=O)NC[C@H](c3ccco3)N3CCCC3)ccc2N1S(C)(=O)=O. The zero-order valence-electron chi connectivity index (χ0n) is 16.8. The zero-order valence-corrected chi connectivity index (χ0v) is 17.6. The van der Waals surface area contributed by atoms with Crippen LogP contribution in [-0.2, 0) is 16.4 Å². The Labute approximate surface area is 171 Å². The van der Waals surface area contributed by atoms with Gasteiger partial charge in [0.2, 0.25) is 10.0 Å². The van der Waals surface area contributed by atoms with Gasteiger partial charge in [-0.15, -0.1) is 0 Å². The first-order valence-corrected chi connectivity index (χ1v) is 11.9. The predicted octanol–water partition coefficient (Wildman–Crippen LogP) is 2.56. The number of nitrogens with one attached hydrogen (secondary N) is 1. The fraction of sp³-hybridized carbons (Fsp3) is 0.476. The van der Waals surface area contributed by atoms with Crippen LogP contribution >= 0.6 is 0 Å². The molecular weight excluding hydrogens is 390 g/mol. The molecule has 2 aliphatic heterocycles. The second-order valence-electron chi connectivity index (χ2n) is 7.94. The summed E-state index contributed by atoms with van der Waals surface area (Å²) in [7, 11) is -3.34. The van der Waals surface area contributed by atoms with Crippen LogP contribution in [0.2, 0.25) is 0 Å². The van der Waals surface area contributed by atoms with E-state index < -0.39 is 10.0 Å². The van der Waals surface area contributed by atoms with Crippen LogP contribution in [0.25, 0.3) is 0 Å². The van der Waals surface area contributed by atoms with Gasteiger partial charge in [-0.05, 0) is 75.2 Å². The highest BCUT2D eigenvalue weighted by Crippen LogP contribution is 2.34. The molecule has 0 spiro atoms. The third kappa shape index (κ3) is 4.04. The maximum atomic E-state index is 12.8. The molecule has 0 bridgehead atoms. The van der Waals surface area contributed by atoms with Crippen molar-refractivity contribution in [3.8, 4) is 0 Å². The molecule has 1 aromatic carbocycles. The maximum Gasteiger partial charge on any atom is 0.251 e. The molecule has 4 rings (SSSR count). The lowest BCUT2D eigenvalue weighted by Gasteiger charge is -2.26. The minimum absolute atomic E-state index is 0.0200. The van der Waals surface area contributed by atoms with E-state index in [0.29, 0.717) is 24.2 Å². The molecule has 2 atom stereocenters. The Morgan fingerprint density at radius 1 is 1.28 bits per heavy atom. The Hall–Kier alpha value is -2.32. The smallest absolute Gasteiger partial charge is 0.251 e. The number of carbonyl (C=O) groups excluding carboxylic acids is 1. The molecule has 2 aromatic rings. The van der Waals surface area contributed by atoms with E-state index in [2.05, 4.69) is 10.2 Å². The van der Waals surface area contributed by atoms with E-state index in [1.807, 2.05) is 25.1 Å². The quantitative estimate of drug-likeness (QED) is 0.781. The van der Waals surface area contributed by atoms with Crippen LogP contribution < -0.4 is 9.62 Å². The van der Waals surface area contributed by atoms with Crippen LogP contribution in [0.4, 0.5) is 5.69 Å². The standard InChI is InChI=1S/C21H27N3O4S/c1-15-12-17-13-16(7-8-18(17)24(15)29(2,26)27)21(25)22-14-19(20-6-5-11-28-20)23-9-3-4-10-23/h5-8,11,13,15,19H,3-4,9-10,12,14H2,1-2H3,(H,22,25)/t15-,19-/m1/s1. The molecule has 1 amide bonds. The first-order chi connectivity index (χ1) is 13.8. The molecular formula is C21H27N3O4S. The number of anilines is 1. The van der Waals surface area contributed by atoms with E-state index in [4.69, 9.17) is 4.42 Å². The van der Waals surface area contributed by atoms with E-state index in [1.54, 1.807) is 18.4 Å². The molecule has 2 aliphatic rings. The Bertz CT molecular complexity index is 981. The van der Waals surface area contributed by atoms with Gasteiger partial charge in [0.05, 0.1) is 24.2 Å². The number of sulfonamides is 1. The number of furan rings is 1. The average Bonchev–Trinajstić information content (AvgIpc) is 3.41. The van der Waals surface area contributed by atoms with E-state index in [1.165, 1.54) is 10.6 Å². The van der Waals surface area contributed by atoms with Crippen molar-refractivity contribution in [2.75, 3.05) is 30.2 Å². The van der Waals surface area contributed by atoms with Crippen molar-refractivity contribution < 1.29 is 17.6 Å². The van der Waals surface area contributed by atoms with Crippen LogP contribution in [0.1, 0.15) is 47.5 Å². The molecule has 0 saturated carbocycles. The lowest BCUT2D eigenvalue weighted by atomic mass is 10.1. The van der Waals surface area contributed by atoms with E-state index in [-0.39, 0.29) is 18.0 Å². The summed E-state index contributed by atoms with van der Waals surface area (Å²) in [6.45, 7) is 4.35. The summed E-state index contributed by atoms with van der Waals surface area (Å²) in [4.78, 5) is 15.1. The van der Waals surface area contributed by atoms with Crippen molar-refractivity contribution in [2.45, 2.75) is 38.3 Å². The van der Waals surface area contributed by atoms with Gasteiger partial charge >= 0.3 is 0 Å². The number of benzene rings is 1. The third-order valence-electron chi connectivity index (χ3n) is 5.76. The number of rotatable bonds is 6. The van der Waals surface area contributed by atoms with E-state index in [0.717, 1.165) is 37.3 Å². The molecule has 0 unspecified atom stereocenters. The Morgan fingerprint density at radius 3 is 2.69 bits per heavy atom. The molecule has 29 heavy (non-hydrogen) atoms. The normalized spacial score (nSPS) is 20.6. The van der Waals surface area contributed by atoms with Crippen LogP contribution in [0.5, 0.6) is 0 Å². The van der Waals surface area contributed by atoms with Crippen molar-refractivity contribution in [1.82, 2.24) is 10.2 Å². The van der Waals surface area contributed by atoms with E-state index in [9.17, 15) is 13.2 Å². The molecule has 3 heterocycles. The fourth-order valence-corrected chi connectivity index (χ4v) is 5.75. The van der Waals surface area contributed by atoms with Gasteiger partial charge in [0, 0.05) is 18.2 Å². The minimum Gasteiger partial charge on any atom is -0.468 e. The largest absolute Gasteiger partial charge is 0.468 e. The van der Waals surface area contributed by atoms with Gasteiger partial charge in [0.25, 0.3) is 5.91 Å². The van der Waals surface area contributed by atoms with Crippen LogP contribution in [0.15, 0.2) is 41.0 Å². The van der Waals surface area contributed by atoms with Crippen LogP contribution in [0.3, 0.4) is 0 Å². The lowest BCUT2D eigenvalue weighted by molar-refractivity contribution is 0.0933. The van der Waals surface area contributed by atoms with Gasteiger partial charge in [-0.2, -0.15) is 0 Å². The number of nitrogens with zero attached hydrogens (tertiary/aromatic N) is 2. The Kier molecular flexibility index (Phi) is 5.40. The number of amides is 1. The molecule has 8 heteroatoms. The first-order valence-electron chi connectivity index (χ1n) is 10.0. The topological polar surface area (TPSA) is 82.9 Å². The predicted molar refractivity (Wildman–Crippen MR) is 112 cm³/mol. The van der Waals surface area contributed by atoms with Crippen LogP contribution in [-0.4, -0.2) is 51.2 Å². The first kappa shape index (κ1) is 20.0. The summed E-state index contributed by atoms with van der Waals surface area (Å²) in [5.41, 5.74) is 2.10. The second kappa shape index (κ2) is 7.84. The van der Waals surface area contributed by atoms with E-state index >= 15 is 0 Å². The Balaban J connectivity index is 1.48. The van der Waals surface area contributed by atoms with Gasteiger partial charge in [-0.3, -0.25) is 14.0 Å². The minimum atomic E-state index is -3.34. The highest BCUT2D eigenvalue weighted by molar-refractivity contribution is 7.92. The number of hydrogen-bond acceptors (Lipinski definition) is 5. The van der Waals surface area contributed by atoms with Gasteiger partial charge in [0.15, 0.2) is 0 Å². The molecule has 7 nitrogen and oxygen atoms in total. The van der Waals surface area contributed by atoms with Crippen molar-refractivity contribution in [2.24, 2.45) is 0 Å². The van der Waals surface area contributed by atoms with Gasteiger partial charge in [0.1, 0.15) is 5.76 Å². The summed E-state index contributed by atoms with van der Waals surface area (Å²) in [5, 5.41) is 3.04.